The van der Waals surface area contributed by atoms with E-state index in [4.69, 9.17) is 0 Å². The van der Waals surface area contributed by atoms with E-state index in [-0.39, 0.29) is 0 Å². The van der Waals surface area contributed by atoms with Crippen LogP contribution in [0.2, 0.25) is 0 Å². The molecule has 2 heterocycles. The van der Waals surface area contributed by atoms with Gasteiger partial charge in [0, 0.05) is 36.5 Å². The summed E-state index contributed by atoms with van der Waals surface area (Å²) in [5.74, 6) is 0. The van der Waals surface area contributed by atoms with Gasteiger partial charge in [0.15, 0.2) is 0 Å². The Bertz CT molecular complexity index is 617. The molecule has 4 nitrogen and oxygen atoms in total. The van der Waals surface area contributed by atoms with Crippen molar-refractivity contribution in [3.63, 3.8) is 0 Å². The van der Waals surface area contributed by atoms with Crippen molar-refractivity contribution in [2.75, 3.05) is 13.6 Å². The number of aryl methyl sites for hydroxylation is 1. The maximum atomic E-state index is 12.3. The Morgan fingerprint density at radius 3 is 2.74 bits per heavy atom. The molecular formula is C12H16N2O2S3. The van der Waals surface area contributed by atoms with Gasteiger partial charge in [0.25, 0.3) is 10.0 Å². The van der Waals surface area contributed by atoms with Crippen LogP contribution in [-0.4, -0.2) is 31.3 Å². The molecule has 19 heavy (non-hydrogen) atoms. The molecule has 0 aliphatic heterocycles. The van der Waals surface area contributed by atoms with Gasteiger partial charge in [-0.2, -0.15) is 4.31 Å². The monoisotopic (exact) mass is 316 g/mol. The molecule has 0 saturated carbocycles. The van der Waals surface area contributed by atoms with Crippen LogP contribution in [0.15, 0.2) is 27.9 Å². The van der Waals surface area contributed by atoms with Crippen molar-refractivity contribution >= 4 is 32.7 Å². The standard InChI is InChI=1S/C12H16N2O2S3/c1-3-10-4-5-12(18-10)19(15,16)14(2)8-6-11-13-7-9-17-11/h4-5,7,9H,3,6,8H2,1-2H3. The van der Waals surface area contributed by atoms with Crippen molar-refractivity contribution in [1.29, 1.82) is 0 Å². The van der Waals surface area contributed by atoms with Crippen molar-refractivity contribution in [2.45, 2.75) is 24.0 Å². The summed E-state index contributed by atoms with van der Waals surface area (Å²) in [4.78, 5) is 5.25. The fraction of sp³-hybridized carbons (Fsp3) is 0.417. The van der Waals surface area contributed by atoms with Gasteiger partial charge >= 0.3 is 0 Å². The molecule has 0 aliphatic carbocycles. The third-order valence-corrected chi connectivity index (χ3v) is 7.17. The van der Waals surface area contributed by atoms with E-state index in [0.29, 0.717) is 17.2 Å². The minimum absolute atomic E-state index is 0.422. The topological polar surface area (TPSA) is 50.3 Å². The van der Waals surface area contributed by atoms with E-state index in [0.717, 1.165) is 16.3 Å². The molecule has 0 aliphatic rings. The van der Waals surface area contributed by atoms with Gasteiger partial charge in [0.1, 0.15) is 4.21 Å². The van der Waals surface area contributed by atoms with E-state index in [1.54, 1.807) is 30.6 Å². The van der Waals surface area contributed by atoms with E-state index in [1.807, 2.05) is 18.4 Å². The molecule has 0 spiro atoms. The van der Waals surface area contributed by atoms with Crippen LogP contribution in [0.25, 0.3) is 0 Å². The number of aromatic nitrogens is 1. The predicted molar refractivity (Wildman–Crippen MR) is 79.3 cm³/mol. The molecule has 0 amide bonds. The first-order chi connectivity index (χ1) is 9.04. The zero-order chi connectivity index (χ0) is 13.9. The summed E-state index contributed by atoms with van der Waals surface area (Å²) >= 11 is 2.90. The van der Waals surface area contributed by atoms with E-state index < -0.39 is 10.0 Å². The zero-order valence-electron chi connectivity index (χ0n) is 10.9. The average molecular weight is 316 g/mol. The van der Waals surface area contributed by atoms with Gasteiger partial charge in [-0.3, -0.25) is 0 Å². The Labute approximate surface area is 121 Å². The van der Waals surface area contributed by atoms with Crippen LogP contribution < -0.4 is 0 Å². The SMILES string of the molecule is CCc1ccc(S(=O)(=O)N(C)CCc2nccs2)s1. The first-order valence-corrected chi connectivity index (χ1v) is 9.11. The molecule has 0 radical (unpaired) electrons. The molecular weight excluding hydrogens is 300 g/mol. The van der Waals surface area contributed by atoms with E-state index in [1.165, 1.54) is 15.6 Å². The van der Waals surface area contributed by atoms with Gasteiger partial charge in [-0.25, -0.2) is 13.4 Å². The normalized spacial score (nSPS) is 12.2. The van der Waals surface area contributed by atoms with Crippen LogP contribution in [0.4, 0.5) is 0 Å². The maximum Gasteiger partial charge on any atom is 0.252 e. The van der Waals surface area contributed by atoms with Crippen molar-refractivity contribution < 1.29 is 8.42 Å². The fourth-order valence-electron chi connectivity index (χ4n) is 1.59. The summed E-state index contributed by atoms with van der Waals surface area (Å²) in [5, 5.41) is 2.86. The van der Waals surface area contributed by atoms with Crippen molar-refractivity contribution in [2.24, 2.45) is 0 Å². The van der Waals surface area contributed by atoms with Gasteiger partial charge in [-0.15, -0.1) is 22.7 Å². The molecule has 0 saturated heterocycles. The minimum atomic E-state index is -3.35. The van der Waals surface area contributed by atoms with Crippen LogP contribution in [0, 0.1) is 0 Å². The number of rotatable bonds is 6. The van der Waals surface area contributed by atoms with Crippen LogP contribution in [0.5, 0.6) is 0 Å². The number of likely N-dealkylation sites (N-methyl/N-ethyl adjacent to an activating group) is 1. The van der Waals surface area contributed by atoms with Crippen molar-refractivity contribution in [3.8, 4) is 0 Å². The summed E-state index contributed by atoms with van der Waals surface area (Å²) in [6.07, 6.45) is 3.25. The quantitative estimate of drug-likeness (QED) is 0.823. The summed E-state index contributed by atoms with van der Waals surface area (Å²) in [5.41, 5.74) is 0. The molecule has 104 valence electrons. The number of hydrogen-bond acceptors (Lipinski definition) is 5. The molecule has 0 bridgehead atoms. The van der Waals surface area contributed by atoms with Crippen LogP contribution in [0.1, 0.15) is 16.8 Å². The molecule has 2 aromatic heterocycles. The fourth-order valence-corrected chi connectivity index (χ4v) is 4.88. The summed E-state index contributed by atoms with van der Waals surface area (Å²) in [6, 6.07) is 3.57. The highest BCUT2D eigenvalue weighted by molar-refractivity contribution is 7.91. The lowest BCUT2D eigenvalue weighted by molar-refractivity contribution is 0.474. The summed E-state index contributed by atoms with van der Waals surface area (Å²) < 4.78 is 26.5. The largest absolute Gasteiger partial charge is 0.252 e. The Hall–Kier alpha value is -0.760. The first kappa shape index (κ1) is 14.6. The van der Waals surface area contributed by atoms with E-state index >= 15 is 0 Å². The molecule has 0 aromatic carbocycles. The molecule has 0 fully saturated rings. The molecule has 7 heteroatoms. The van der Waals surface area contributed by atoms with Gasteiger partial charge in [-0.05, 0) is 18.6 Å². The number of thiophene rings is 1. The van der Waals surface area contributed by atoms with Gasteiger partial charge in [0.2, 0.25) is 0 Å². The predicted octanol–water partition coefficient (Wildman–Crippen LogP) is 2.63. The molecule has 0 atom stereocenters. The van der Waals surface area contributed by atoms with Crippen molar-refractivity contribution in [3.05, 3.63) is 33.6 Å². The average Bonchev–Trinajstić information content (AvgIpc) is 3.06. The number of sulfonamides is 1. The summed E-state index contributed by atoms with van der Waals surface area (Å²) in [6.45, 7) is 2.48. The zero-order valence-corrected chi connectivity index (χ0v) is 13.3. The highest BCUT2D eigenvalue weighted by atomic mass is 32.2. The Morgan fingerprint density at radius 1 is 1.37 bits per heavy atom. The third kappa shape index (κ3) is 3.42. The molecule has 2 aromatic rings. The Morgan fingerprint density at radius 2 is 2.16 bits per heavy atom. The Kier molecular flexibility index (Phi) is 4.72. The number of nitrogens with zero attached hydrogens (tertiary/aromatic N) is 2. The van der Waals surface area contributed by atoms with Crippen LogP contribution in [-0.2, 0) is 22.9 Å². The lowest BCUT2D eigenvalue weighted by Crippen LogP contribution is -2.28. The number of hydrogen-bond donors (Lipinski definition) is 0. The molecule has 2 rings (SSSR count). The number of thiazole rings is 1. The Balaban J connectivity index is 2.06. The minimum Gasteiger partial charge on any atom is -0.250 e. The van der Waals surface area contributed by atoms with Crippen LogP contribution >= 0.6 is 22.7 Å². The highest BCUT2D eigenvalue weighted by Gasteiger charge is 2.22. The van der Waals surface area contributed by atoms with Gasteiger partial charge < -0.3 is 0 Å². The second-order valence-corrected chi connectivity index (χ2v) is 8.50. The van der Waals surface area contributed by atoms with Crippen LogP contribution in [0.3, 0.4) is 0 Å². The lowest BCUT2D eigenvalue weighted by atomic mass is 10.4. The van der Waals surface area contributed by atoms with E-state index in [2.05, 4.69) is 4.98 Å². The smallest absolute Gasteiger partial charge is 0.250 e. The first-order valence-electron chi connectivity index (χ1n) is 5.97. The van der Waals surface area contributed by atoms with Gasteiger partial charge in [-0.1, -0.05) is 6.92 Å². The summed E-state index contributed by atoms with van der Waals surface area (Å²) in [7, 11) is -1.73. The lowest BCUT2D eigenvalue weighted by Gasteiger charge is -2.15. The second kappa shape index (κ2) is 6.13. The van der Waals surface area contributed by atoms with E-state index in [9.17, 15) is 8.42 Å². The molecule has 0 N–H and O–H groups in total. The third-order valence-electron chi connectivity index (χ3n) is 2.77. The highest BCUT2D eigenvalue weighted by Crippen LogP contribution is 2.24. The molecule has 0 unspecified atom stereocenters. The van der Waals surface area contributed by atoms with Crippen molar-refractivity contribution in [1.82, 2.24) is 9.29 Å². The maximum absolute atomic E-state index is 12.3. The van der Waals surface area contributed by atoms with Gasteiger partial charge in [0.05, 0.1) is 5.01 Å². The second-order valence-electron chi connectivity index (χ2n) is 4.08.